The lowest BCUT2D eigenvalue weighted by Crippen LogP contribution is -1.93. The summed E-state index contributed by atoms with van der Waals surface area (Å²) >= 11 is 0. The Balaban J connectivity index is 0. The van der Waals surface area contributed by atoms with Crippen LogP contribution in [0.25, 0.3) is 16.1 Å². The Morgan fingerprint density at radius 3 is 2.00 bits per heavy atom. The minimum absolute atomic E-state index is 1.19. The molecule has 0 aliphatic rings. The standard InChI is InChI=1S/C13H16N2.C2H3N.2C2H6/c1-10-9-11(6-7-12(10)14-2)13-5-4-8-15(13)3;1-3-2;2*1-2/h4-9,14H,1-3H3;1H3;2*1-2H3. The van der Waals surface area contributed by atoms with Crippen molar-refractivity contribution in [1.82, 2.24) is 4.57 Å². The van der Waals surface area contributed by atoms with Crippen molar-refractivity contribution in [2.24, 2.45) is 7.05 Å². The largest absolute Gasteiger partial charge is 0.388 e. The third-order valence-corrected chi connectivity index (χ3v) is 2.74. The van der Waals surface area contributed by atoms with Gasteiger partial charge in [0.15, 0.2) is 0 Å². The summed E-state index contributed by atoms with van der Waals surface area (Å²) in [6.07, 6.45) is 2.07. The Morgan fingerprint density at radius 2 is 1.64 bits per heavy atom. The Bertz CT molecular complexity index is 548. The fourth-order valence-corrected chi connectivity index (χ4v) is 1.86. The molecule has 1 heterocycles. The molecule has 0 saturated carbocycles. The number of nitrogens with zero attached hydrogens (tertiary/aromatic N) is 2. The summed E-state index contributed by atoms with van der Waals surface area (Å²) in [7, 11) is 5.43. The van der Waals surface area contributed by atoms with Crippen molar-refractivity contribution in [2.75, 3.05) is 19.4 Å². The van der Waals surface area contributed by atoms with Gasteiger partial charge in [0.2, 0.25) is 7.05 Å². The number of aromatic nitrogens is 1. The Hall–Kier alpha value is -2.21. The van der Waals surface area contributed by atoms with E-state index in [1.165, 1.54) is 29.6 Å². The average Bonchev–Trinajstić information content (AvgIpc) is 2.98. The second-order valence-corrected chi connectivity index (χ2v) is 4.01. The first kappa shape index (κ1) is 22.1. The van der Waals surface area contributed by atoms with Crippen LogP contribution in [0.15, 0.2) is 36.5 Å². The normalized spacial score (nSPS) is 7.95. The topological polar surface area (TPSA) is 21.3 Å². The fraction of sp³-hybridized carbons (Fsp3) is 0.421. The molecule has 0 unspecified atom stereocenters. The molecule has 0 atom stereocenters. The zero-order valence-electron chi connectivity index (χ0n) is 15.4. The summed E-state index contributed by atoms with van der Waals surface area (Å²) in [5, 5.41) is 3.18. The van der Waals surface area contributed by atoms with Crippen LogP contribution in [0.1, 0.15) is 33.3 Å². The molecule has 2 aromatic rings. The Labute approximate surface area is 136 Å². The number of aryl methyl sites for hydroxylation is 2. The third-order valence-electron chi connectivity index (χ3n) is 2.74. The zero-order chi connectivity index (χ0) is 17.5. The van der Waals surface area contributed by atoms with E-state index in [0.29, 0.717) is 0 Å². The van der Waals surface area contributed by atoms with Crippen molar-refractivity contribution in [3.05, 3.63) is 53.5 Å². The maximum atomic E-state index is 5.83. The van der Waals surface area contributed by atoms with Crippen LogP contribution in [-0.2, 0) is 7.05 Å². The van der Waals surface area contributed by atoms with Gasteiger partial charge >= 0.3 is 0 Å². The second kappa shape index (κ2) is 13.8. The number of benzene rings is 1. The number of rotatable bonds is 2. The Morgan fingerprint density at radius 1 is 1.09 bits per heavy atom. The smallest absolute Gasteiger partial charge is 0.205 e. The molecule has 1 aromatic carbocycles. The average molecular weight is 301 g/mol. The van der Waals surface area contributed by atoms with Crippen LogP contribution < -0.4 is 5.32 Å². The molecule has 0 saturated heterocycles. The van der Waals surface area contributed by atoms with E-state index in [-0.39, 0.29) is 0 Å². The van der Waals surface area contributed by atoms with Crippen molar-refractivity contribution < 1.29 is 0 Å². The molecule has 0 aliphatic heterocycles. The summed E-state index contributed by atoms with van der Waals surface area (Å²) in [6.45, 7) is 16.0. The first-order valence-corrected chi connectivity index (χ1v) is 7.79. The molecular formula is C19H31N3. The molecule has 0 radical (unpaired) electrons. The molecule has 22 heavy (non-hydrogen) atoms. The first-order valence-electron chi connectivity index (χ1n) is 7.79. The molecule has 0 bridgehead atoms. The van der Waals surface area contributed by atoms with E-state index in [0.717, 1.165) is 0 Å². The molecule has 122 valence electrons. The summed E-state index contributed by atoms with van der Waals surface area (Å²) in [6, 6.07) is 10.7. The number of nitrogens with one attached hydrogen (secondary N) is 1. The highest BCUT2D eigenvalue weighted by Crippen LogP contribution is 2.24. The molecule has 3 heteroatoms. The number of anilines is 1. The molecular weight excluding hydrogens is 270 g/mol. The lowest BCUT2D eigenvalue weighted by molar-refractivity contribution is 0.937. The molecule has 3 nitrogen and oxygen atoms in total. The van der Waals surface area contributed by atoms with Gasteiger partial charge < -0.3 is 14.7 Å². The van der Waals surface area contributed by atoms with Gasteiger partial charge in [-0.2, -0.15) is 0 Å². The van der Waals surface area contributed by atoms with Crippen molar-refractivity contribution in [3.63, 3.8) is 0 Å². The molecule has 1 aromatic heterocycles. The van der Waals surface area contributed by atoms with Crippen LogP contribution in [0, 0.1) is 13.5 Å². The highest BCUT2D eigenvalue weighted by Gasteiger charge is 2.03. The van der Waals surface area contributed by atoms with Gasteiger partial charge in [0.05, 0.1) is 0 Å². The molecule has 2 rings (SSSR count). The van der Waals surface area contributed by atoms with E-state index in [1.807, 2.05) is 34.7 Å². The quantitative estimate of drug-likeness (QED) is 0.713. The minimum atomic E-state index is 1.19. The molecule has 0 fully saturated rings. The summed E-state index contributed by atoms with van der Waals surface area (Å²) in [5.41, 5.74) is 4.98. The van der Waals surface area contributed by atoms with E-state index in [2.05, 4.69) is 65.2 Å². The van der Waals surface area contributed by atoms with Crippen molar-refractivity contribution in [2.45, 2.75) is 34.6 Å². The second-order valence-electron chi connectivity index (χ2n) is 4.01. The molecule has 0 spiro atoms. The van der Waals surface area contributed by atoms with E-state index in [4.69, 9.17) is 6.57 Å². The maximum Gasteiger partial charge on any atom is 0.205 e. The minimum Gasteiger partial charge on any atom is -0.388 e. The van der Waals surface area contributed by atoms with Gasteiger partial charge in [0.1, 0.15) is 0 Å². The maximum absolute atomic E-state index is 5.83. The SMILES string of the molecule is CC.CC.CNc1ccc(-c2cccn2C)cc1C.[C-]#[N+]C. The van der Waals surface area contributed by atoms with Gasteiger partial charge in [-0.1, -0.05) is 33.8 Å². The van der Waals surface area contributed by atoms with Gasteiger partial charge in [-0.25, -0.2) is 6.57 Å². The predicted octanol–water partition coefficient (Wildman–Crippen LogP) is 5.63. The van der Waals surface area contributed by atoms with Crippen LogP contribution in [0.3, 0.4) is 0 Å². The van der Waals surface area contributed by atoms with Crippen LogP contribution >= 0.6 is 0 Å². The van der Waals surface area contributed by atoms with E-state index < -0.39 is 0 Å². The predicted molar refractivity (Wildman–Crippen MR) is 100 cm³/mol. The summed E-state index contributed by atoms with van der Waals surface area (Å²) in [5.74, 6) is 0. The van der Waals surface area contributed by atoms with E-state index >= 15 is 0 Å². The molecule has 0 amide bonds. The van der Waals surface area contributed by atoms with Gasteiger partial charge in [-0.05, 0) is 42.3 Å². The van der Waals surface area contributed by atoms with E-state index in [9.17, 15) is 0 Å². The van der Waals surface area contributed by atoms with Gasteiger partial charge in [-0.3, -0.25) is 0 Å². The third kappa shape index (κ3) is 6.99. The summed E-state index contributed by atoms with van der Waals surface area (Å²) in [4.78, 5) is 2.75. The van der Waals surface area contributed by atoms with Crippen LogP contribution in [0.4, 0.5) is 5.69 Å². The van der Waals surface area contributed by atoms with Crippen molar-refractivity contribution in [1.29, 1.82) is 0 Å². The molecule has 1 N–H and O–H groups in total. The van der Waals surface area contributed by atoms with Crippen molar-refractivity contribution in [3.8, 4) is 11.3 Å². The van der Waals surface area contributed by atoms with Crippen LogP contribution in [-0.4, -0.2) is 18.7 Å². The van der Waals surface area contributed by atoms with Crippen LogP contribution in [0.5, 0.6) is 0 Å². The highest BCUT2D eigenvalue weighted by molar-refractivity contribution is 5.66. The fourth-order valence-electron chi connectivity index (χ4n) is 1.86. The van der Waals surface area contributed by atoms with Crippen molar-refractivity contribution >= 4 is 5.69 Å². The number of hydrogen-bond donors (Lipinski definition) is 1. The van der Waals surface area contributed by atoms with Gasteiger partial charge in [-0.15, -0.1) is 0 Å². The first-order chi connectivity index (χ1) is 10.6. The lowest BCUT2D eigenvalue weighted by atomic mass is 10.1. The lowest BCUT2D eigenvalue weighted by Gasteiger charge is -2.08. The molecule has 0 aliphatic carbocycles. The van der Waals surface area contributed by atoms with Gasteiger partial charge in [0.25, 0.3) is 0 Å². The van der Waals surface area contributed by atoms with E-state index in [1.54, 1.807) is 0 Å². The van der Waals surface area contributed by atoms with Crippen LogP contribution in [0.2, 0.25) is 0 Å². The highest BCUT2D eigenvalue weighted by atomic mass is 14.9. The summed E-state index contributed by atoms with van der Waals surface area (Å²) < 4.78 is 2.13. The zero-order valence-corrected chi connectivity index (χ0v) is 15.4. The number of hydrogen-bond acceptors (Lipinski definition) is 1. The Kier molecular flexibility index (Phi) is 13.8. The van der Waals surface area contributed by atoms with Gasteiger partial charge in [0, 0.05) is 31.7 Å². The monoisotopic (exact) mass is 301 g/mol.